The van der Waals surface area contributed by atoms with Crippen LogP contribution in [0.2, 0.25) is 5.02 Å². The zero-order valence-electron chi connectivity index (χ0n) is 8.64. The Morgan fingerprint density at radius 2 is 1.93 bits per heavy atom. The Labute approximate surface area is 104 Å². The van der Waals surface area contributed by atoms with Crippen LogP contribution in [0.4, 0.5) is 5.69 Å². The van der Waals surface area contributed by atoms with Crippen LogP contribution in [-0.4, -0.2) is 6.04 Å². The minimum Gasteiger partial charge on any atom is -0.381 e. The molecular weight excluding hydrogens is 308 g/mol. The molecule has 1 unspecified atom stereocenters. The predicted octanol–water partition coefficient (Wildman–Crippen LogP) is 4.40. The van der Waals surface area contributed by atoms with Gasteiger partial charge < -0.3 is 5.32 Å². The van der Waals surface area contributed by atoms with Gasteiger partial charge in [-0.2, -0.15) is 0 Å². The lowest BCUT2D eigenvalue weighted by Gasteiger charge is -2.19. The first kappa shape index (κ1) is 12.1. The Balaban J connectivity index is 2.77. The molecule has 1 atom stereocenters. The fraction of sp³-hybridized carbons (Fsp3) is 0.455. The van der Waals surface area contributed by atoms with Gasteiger partial charge in [0.15, 0.2) is 0 Å². The maximum Gasteiger partial charge on any atom is 0.0648 e. The van der Waals surface area contributed by atoms with Gasteiger partial charge in [-0.05, 0) is 53.6 Å². The molecule has 1 aromatic carbocycles. The number of benzene rings is 1. The molecule has 0 aliphatic rings. The van der Waals surface area contributed by atoms with Crippen molar-refractivity contribution in [1.29, 1.82) is 0 Å². The number of hydrogen-bond acceptors (Lipinski definition) is 1. The topological polar surface area (TPSA) is 12.0 Å². The third-order valence-electron chi connectivity index (χ3n) is 2.31. The molecule has 0 aliphatic heterocycles. The van der Waals surface area contributed by atoms with Crippen LogP contribution in [0.5, 0.6) is 0 Å². The molecule has 1 aromatic rings. The number of anilines is 1. The van der Waals surface area contributed by atoms with E-state index in [-0.39, 0.29) is 0 Å². The van der Waals surface area contributed by atoms with Crippen molar-refractivity contribution in [2.45, 2.75) is 26.8 Å². The van der Waals surface area contributed by atoms with Crippen molar-refractivity contribution in [1.82, 2.24) is 0 Å². The standard InChI is InChI=1S/C11H15ClIN/c1-7(2)8(3)14-11-5-4-9(13)6-10(11)12/h4-8,14H,1-3H3. The Kier molecular flexibility index (Phi) is 4.51. The molecule has 0 saturated heterocycles. The van der Waals surface area contributed by atoms with Gasteiger partial charge in [-0.3, -0.25) is 0 Å². The van der Waals surface area contributed by atoms with Crippen LogP contribution in [0.3, 0.4) is 0 Å². The Morgan fingerprint density at radius 3 is 2.43 bits per heavy atom. The normalized spacial score (nSPS) is 13.0. The summed E-state index contributed by atoms with van der Waals surface area (Å²) < 4.78 is 1.16. The van der Waals surface area contributed by atoms with E-state index in [1.165, 1.54) is 0 Å². The average Bonchev–Trinajstić information content (AvgIpc) is 2.09. The first-order valence-electron chi connectivity index (χ1n) is 4.72. The summed E-state index contributed by atoms with van der Waals surface area (Å²) in [6.45, 7) is 6.55. The van der Waals surface area contributed by atoms with E-state index in [2.05, 4.69) is 54.7 Å². The van der Waals surface area contributed by atoms with Gasteiger partial charge in [0.25, 0.3) is 0 Å². The number of nitrogens with one attached hydrogen (secondary N) is 1. The molecule has 0 amide bonds. The predicted molar refractivity (Wildman–Crippen MR) is 72.1 cm³/mol. The van der Waals surface area contributed by atoms with Crippen LogP contribution in [0, 0.1) is 9.49 Å². The van der Waals surface area contributed by atoms with Crippen molar-refractivity contribution < 1.29 is 0 Å². The zero-order valence-corrected chi connectivity index (χ0v) is 11.6. The molecule has 1 rings (SSSR count). The molecule has 14 heavy (non-hydrogen) atoms. The molecule has 78 valence electrons. The molecule has 0 spiro atoms. The minimum absolute atomic E-state index is 0.438. The summed E-state index contributed by atoms with van der Waals surface area (Å²) in [5, 5.41) is 4.20. The summed E-state index contributed by atoms with van der Waals surface area (Å²) in [6.07, 6.45) is 0. The lowest BCUT2D eigenvalue weighted by molar-refractivity contribution is 0.560. The van der Waals surface area contributed by atoms with Crippen molar-refractivity contribution in [2.24, 2.45) is 5.92 Å². The van der Waals surface area contributed by atoms with E-state index in [0.717, 1.165) is 14.3 Å². The SMILES string of the molecule is CC(C)C(C)Nc1ccc(I)cc1Cl. The summed E-state index contributed by atoms with van der Waals surface area (Å²) >= 11 is 8.37. The Morgan fingerprint density at radius 1 is 1.29 bits per heavy atom. The van der Waals surface area contributed by atoms with E-state index < -0.39 is 0 Å². The molecule has 1 nitrogen and oxygen atoms in total. The Hall–Kier alpha value is 0.0400. The zero-order chi connectivity index (χ0) is 10.7. The quantitative estimate of drug-likeness (QED) is 0.813. The minimum atomic E-state index is 0.438. The second-order valence-electron chi connectivity index (χ2n) is 3.80. The van der Waals surface area contributed by atoms with Gasteiger partial charge in [-0.25, -0.2) is 0 Å². The van der Waals surface area contributed by atoms with Gasteiger partial charge in [-0.1, -0.05) is 25.4 Å². The van der Waals surface area contributed by atoms with Gasteiger partial charge >= 0.3 is 0 Å². The highest BCUT2D eigenvalue weighted by Crippen LogP contribution is 2.25. The van der Waals surface area contributed by atoms with Crippen LogP contribution < -0.4 is 5.32 Å². The maximum atomic E-state index is 6.11. The maximum absolute atomic E-state index is 6.11. The number of halogens is 2. The highest BCUT2D eigenvalue weighted by atomic mass is 127. The number of rotatable bonds is 3. The van der Waals surface area contributed by atoms with Crippen molar-refractivity contribution >= 4 is 39.9 Å². The van der Waals surface area contributed by atoms with Crippen molar-refractivity contribution in [3.8, 4) is 0 Å². The van der Waals surface area contributed by atoms with Crippen LogP contribution in [0.15, 0.2) is 18.2 Å². The van der Waals surface area contributed by atoms with E-state index >= 15 is 0 Å². The fourth-order valence-electron chi connectivity index (χ4n) is 1.02. The molecule has 0 aromatic heterocycles. The van der Waals surface area contributed by atoms with Gasteiger partial charge in [0, 0.05) is 9.61 Å². The molecular formula is C11H15ClIN. The molecule has 0 aliphatic carbocycles. The second-order valence-corrected chi connectivity index (χ2v) is 5.45. The first-order valence-corrected chi connectivity index (χ1v) is 6.18. The highest BCUT2D eigenvalue weighted by molar-refractivity contribution is 14.1. The van der Waals surface area contributed by atoms with Gasteiger partial charge in [0.2, 0.25) is 0 Å². The first-order chi connectivity index (χ1) is 6.50. The molecule has 3 heteroatoms. The molecule has 1 N–H and O–H groups in total. The third-order valence-corrected chi connectivity index (χ3v) is 3.30. The highest BCUT2D eigenvalue weighted by Gasteiger charge is 2.08. The van der Waals surface area contributed by atoms with Gasteiger partial charge in [0.05, 0.1) is 10.7 Å². The summed E-state index contributed by atoms with van der Waals surface area (Å²) in [6, 6.07) is 6.50. The summed E-state index contributed by atoms with van der Waals surface area (Å²) in [5.74, 6) is 0.602. The van der Waals surface area contributed by atoms with Crippen molar-refractivity contribution in [3.63, 3.8) is 0 Å². The molecule has 0 fully saturated rings. The average molecular weight is 324 g/mol. The summed E-state index contributed by atoms with van der Waals surface area (Å²) in [4.78, 5) is 0. The van der Waals surface area contributed by atoms with E-state index in [0.29, 0.717) is 12.0 Å². The molecule has 0 heterocycles. The van der Waals surface area contributed by atoms with E-state index in [4.69, 9.17) is 11.6 Å². The van der Waals surface area contributed by atoms with E-state index in [9.17, 15) is 0 Å². The van der Waals surface area contributed by atoms with Crippen molar-refractivity contribution in [3.05, 3.63) is 26.8 Å². The summed E-state index contributed by atoms with van der Waals surface area (Å²) in [5.41, 5.74) is 1.02. The largest absolute Gasteiger partial charge is 0.381 e. The van der Waals surface area contributed by atoms with Gasteiger partial charge in [0.1, 0.15) is 0 Å². The second kappa shape index (κ2) is 5.21. The Bertz CT molecular complexity index is 312. The van der Waals surface area contributed by atoms with Crippen LogP contribution in [0.25, 0.3) is 0 Å². The van der Waals surface area contributed by atoms with Crippen LogP contribution in [0.1, 0.15) is 20.8 Å². The summed E-state index contributed by atoms with van der Waals surface area (Å²) in [7, 11) is 0. The van der Waals surface area contributed by atoms with Crippen molar-refractivity contribution in [2.75, 3.05) is 5.32 Å². The third kappa shape index (κ3) is 3.31. The molecule has 0 bridgehead atoms. The van der Waals surface area contributed by atoms with Gasteiger partial charge in [-0.15, -0.1) is 0 Å². The smallest absolute Gasteiger partial charge is 0.0648 e. The van der Waals surface area contributed by atoms with Crippen LogP contribution in [-0.2, 0) is 0 Å². The lowest BCUT2D eigenvalue weighted by Crippen LogP contribution is -2.21. The fourth-order valence-corrected chi connectivity index (χ4v) is 1.93. The molecule has 0 radical (unpaired) electrons. The monoisotopic (exact) mass is 323 g/mol. The molecule has 0 saturated carbocycles. The van der Waals surface area contributed by atoms with E-state index in [1.807, 2.05) is 12.1 Å². The number of hydrogen-bond donors (Lipinski definition) is 1. The lowest BCUT2D eigenvalue weighted by atomic mass is 10.1. The van der Waals surface area contributed by atoms with E-state index in [1.54, 1.807) is 0 Å². The van der Waals surface area contributed by atoms with Crippen LogP contribution >= 0.6 is 34.2 Å².